The Hall–Kier alpha value is -2.43. The monoisotopic (exact) mass is 242 g/mol. The van der Waals surface area contributed by atoms with Gasteiger partial charge in [0.2, 0.25) is 0 Å². The molecule has 0 aliphatic heterocycles. The molecule has 2 N–H and O–H groups in total. The lowest BCUT2D eigenvalue weighted by Gasteiger charge is -2.03. The third-order valence-corrected chi connectivity index (χ3v) is 2.94. The highest BCUT2D eigenvalue weighted by atomic mass is 19.1. The van der Waals surface area contributed by atoms with E-state index in [0.29, 0.717) is 11.4 Å². The third-order valence-electron chi connectivity index (χ3n) is 2.94. The minimum absolute atomic E-state index is 0.138. The summed E-state index contributed by atoms with van der Waals surface area (Å²) in [5.74, 6) is 0.259. The average molecular weight is 242 g/mol. The van der Waals surface area contributed by atoms with E-state index in [0.717, 1.165) is 11.0 Å². The van der Waals surface area contributed by atoms with E-state index in [1.54, 1.807) is 24.5 Å². The number of anilines is 1. The molecule has 5 heteroatoms. The molecule has 0 amide bonds. The van der Waals surface area contributed by atoms with Crippen LogP contribution in [0.1, 0.15) is 0 Å². The molecule has 90 valence electrons. The zero-order chi connectivity index (χ0) is 12.7. The van der Waals surface area contributed by atoms with Gasteiger partial charge in [0.25, 0.3) is 0 Å². The summed E-state index contributed by atoms with van der Waals surface area (Å²) in [6.07, 6.45) is 3.42. The lowest BCUT2D eigenvalue weighted by Crippen LogP contribution is -1.95. The van der Waals surface area contributed by atoms with E-state index in [1.807, 2.05) is 17.7 Å². The normalized spacial score (nSPS) is 11.0. The Bertz CT molecular complexity index is 733. The van der Waals surface area contributed by atoms with Gasteiger partial charge in [-0.2, -0.15) is 0 Å². The zero-order valence-electron chi connectivity index (χ0n) is 9.76. The largest absolute Gasteiger partial charge is 0.396 e. The molecule has 3 aromatic rings. The number of halogens is 1. The number of rotatable bonds is 1. The van der Waals surface area contributed by atoms with Crippen LogP contribution in [0.5, 0.6) is 0 Å². The molecule has 1 aromatic carbocycles. The number of imidazole rings is 1. The van der Waals surface area contributed by atoms with Gasteiger partial charge in [0, 0.05) is 18.8 Å². The molecule has 0 spiro atoms. The van der Waals surface area contributed by atoms with Crippen molar-refractivity contribution in [2.24, 2.45) is 7.05 Å². The Morgan fingerprint density at radius 3 is 2.83 bits per heavy atom. The molecule has 3 rings (SSSR count). The third kappa shape index (κ3) is 1.52. The average Bonchev–Trinajstić information content (AvgIpc) is 2.71. The highest BCUT2D eigenvalue weighted by Gasteiger charge is 2.11. The fourth-order valence-corrected chi connectivity index (χ4v) is 1.96. The lowest BCUT2D eigenvalue weighted by molar-refractivity contribution is 0.633. The number of hydrogen-bond acceptors (Lipinski definition) is 3. The molecule has 0 radical (unpaired) electrons. The predicted molar refractivity (Wildman–Crippen MR) is 68.3 cm³/mol. The summed E-state index contributed by atoms with van der Waals surface area (Å²) in [6, 6.07) is 6.52. The summed E-state index contributed by atoms with van der Waals surface area (Å²) >= 11 is 0. The van der Waals surface area contributed by atoms with Crippen LogP contribution in [0.2, 0.25) is 0 Å². The van der Waals surface area contributed by atoms with Gasteiger partial charge >= 0.3 is 0 Å². The number of aromatic nitrogens is 3. The van der Waals surface area contributed by atoms with Gasteiger partial charge in [-0.25, -0.2) is 9.37 Å². The fourth-order valence-electron chi connectivity index (χ4n) is 1.96. The number of benzene rings is 1. The van der Waals surface area contributed by atoms with E-state index in [-0.39, 0.29) is 5.69 Å². The Kier molecular flexibility index (Phi) is 2.26. The first-order chi connectivity index (χ1) is 8.66. The van der Waals surface area contributed by atoms with Gasteiger partial charge in [-0.05, 0) is 24.3 Å². The fraction of sp³-hybridized carbons (Fsp3) is 0.0769. The molecular formula is C13H11FN4. The maximum Gasteiger partial charge on any atom is 0.146 e. The molecule has 0 bridgehead atoms. The van der Waals surface area contributed by atoms with Gasteiger partial charge < -0.3 is 10.3 Å². The quantitative estimate of drug-likeness (QED) is 0.666. The van der Waals surface area contributed by atoms with E-state index in [2.05, 4.69) is 9.97 Å². The van der Waals surface area contributed by atoms with E-state index in [4.69, 9.17) is 5.73 Å². The van der Waals surface area contributed by atoms with Gasteiger partial charge in [0.15, 0.2) is 0 Å². The van der Waals surface area contributed by atoms with Crippen molar-refractivity contribution in [2.45, 2.75) is 0 Å². The van der Waals surface area contributed by atoms with Crippen LogP contribution < -0.4 is 5.73 Å². The second kappa shape index (κ2) is 3.80. The summed E-state index contributed by atoms with van der Waals surface area (Å²) in [4.78, 5) is 8.53. The zero-order valence-corrected chi connectivity index (χ0v) is 9.76. The lowest BCUT2D eigenvalue weighted by atomic mass is 10.2. The first-order valence-electron chi connectivity index (χ1n) is 5.48. The molecule has 18 heavy (non-hydrogen) atoms. The molecule has 0 unspecified atom stereocenters. The van der Waals surface area contributed by atoms with E-state index in [9.17, 15) is 4.39 Å². The number of pyridine rings is 1. The molecule has 2 aromatic heterocycles. The van der Waals surface area contributed by atoms with Crippen molar-refractivity contribution < 1.29 is 4.39 Å². The van der Waals surface area contributed by atoms with Gasteiger partial charge in [-0.15, -0.1) is 0 Å². The first-order valence-corrected chi connectivity index (χ1v) is 5.48. The second-order valence-electron chi connectivity index (χ2n) is 4.10. The van der Waals surface area contributed by atoms with Crippen molar-refractivity contribution in [2.75, 3.05) is 5.73 Å². The molecule has 0 saturated carbocycles. The molecular weight excluding hydrogens is 231 g/mol. The maximum absolute atomic E-state index is 13.5. The standard InChI is InChI=1S/C13H11FN4/c1-18-12-7-16-5-4-11(12)17-13(18)8-2-3-10(15)9(14)6-8/h2-7H,15H2,1H3. The molecule has 0 atom stereocenters. The molecule has 0 aliphatic rings. The SMILES string of the molecule is Cn1c(-c2ccc(N)c(F)c2)nc2ccncc21. The van der Waals surface area contributed by atoms with Crippen LogP contribution in [0, 0.1) is 5.82 Å². The highest BCUT2D eigenvalue weighted by Crippen LogP contribution is 2.25. The Morgan fingerprint density at radius 1 is 1.28 bits per heavy atom. The van der Waals surface area contributed by atoms with Crippen molar-refractivity contribution in [1.29, 1.82) is 0 Å². The number of nitrogens with zero attached hydrogens (tertiary/aromatic N) is 3. The summed E-state index contributed by atoms with van der Waals surface area (Å²) < 4.78 is 15.4. The van der Waals surface area contributed by atoms with Crippen molar-refractivity contribution in [1.82, 2.24) is 14.5 Å². The van der Waals surface area contributed by atoms with Crippen LogP contribution in [0.4, 0.5) is 10.1 Å². The number of aryl methyl sites for hydroxylation is 1. The number of nitrogens with two attached hydrogens (primary N) is 1. The van der Waals surface area contributed by atoms with Crippen LogP contribution in [-0.4, -0.2) is 14.5 Å². The molecule has 0 aliphatic carbocycles. The van der Waals surface area contributed by atoms with E-state index < -0.39 is 5.82 Å². The molecule has 0 saturated heterocycles. The summed E-state index contributed by atoms with van der Waals surface area (Å²) in [7, 11) is 1.88. The van der Waals surface area contributed by atoms with Crippen LogP contribution in [0.3, 0.4) is 0 Å². The minimum atomic E-state index is -0.433. The van der Waals surface area contributed by atoms with E-state index >= 15 is 0 Å². The van der Waals surface area contributed by atoms with Crippen LogP contribution in [0.15, 0.2) is 36.7 Å². The van der Waals surface area contributed by atoms with Crippen molar-refractivity contribution in [3.05, 3.63) is 42.5 Å². The summed E-state index contributed by atoms with van der Waals surface area (Å²) in [6.45, 7) is 0. The van der Waals surface area contributed by atoms with Gasteiger partial charge in [-0.1, -0.05) is 0 Å². The van der Waals surface area contributed by atoms with Crippen molar-refractivity contribution in [3.8, 4) is 11.4 Å². The van der Waals surface area contributed by atoms with Crippen LogP contribution in [-0.2, 0) is 7.05 Å². The topological polar surface area (TPSA) is 56.7 Å². The Morgan fingerprint density at radius 2 is 2.11 bits per heavy atom. The number of fused-ring (bicyclic) bond motifs is 1. The molecule has 0 fully saturated rings. The van der Waals surface area contributed by atoms with Gasteiger partial charge in [-0.3, -0.25) is 4.98 Å². The number of nitrogen functional groups attached to an aromatic ring is 1. The van der Waals surface area contributed by atoms with Crippen LogP contribution >= 0.6 is 0 Å². The number of hydrogen-bond donors (Lipinski definition) is 1. The van der Waals surface area contributed by atoms with Gasteiger partial charge in [0.05, 0.1) is 22.9 Å². The summed E-state index contributed by atoms with van der Waals surface area (Å²) in [5, 5.41) is 0. The Labute approximate surface area is 103 Å². The van der Waals surface area contributed by atoms with Crippen LogP contribution in [0.25, 0.3) is 22.4 Å². The molecule has 4 nitrogen and oxygen atoms in total. The predicted octanol–water partition coefficient (Wildman–Crippen LogP) is 2.36. The summed E-state index contributed by atoms with van der Waals surface area (Å²) in [5.41, 5.74) is 8.04. The first kappa shape index (κ1) is 10.7. The second-order valence-corrected chi connectivity index (χ2v) is 4.10. The van der Waals surface area contributed by atoms with Crippen molar-refractivity contribution >= 4 is 16.7 Å². The minimum Gasteiger partial charge on any atom is -0.396 e. The molecule has 2 heterocycles. The van der Waals surface area contributed by atoms with Crippen molar-refractivity contribution in [3.63, 3.8) is 0 Å². The highest BCUT2D eigenvalue weighted by molar-refractivity contribution is 5.79. The van der Waals surface area contributed by atoms with E-state index in [1.165, 1.54) is 6.07 Å². The Balaban J connectivity index is 2.25. The maximum atomic E-state index is 13.5. The van der Waals surface area contributed by atoms with Gasteiger partial charge in [0.1, 0.15) is 11.6 Å². The smallest absolute Gasteiger partial charge is 0.146 e.